The van der Waals surface area contributed by atoms with Gasteiger partial charge in [0.05, 0.1) is 0 Å². The van der Waals surface area contributed by atoms with Crippen LogP contribution in [0.2, 0.25) is 0 Å². The minimum Gasteiger partial charge on any atom is -0.452 e. The number of carbonyl (C=O) groups is 1. The predicted octanol–water partition coefficient (Wildman–Crippen LogP) is 4.12. The average Bonchev–Trinajstić information content (AvgIpc) is 2.36. The topological polar surface area (TPSA) is 35.5 Å². The first kappa shape index (κ1) is 14.1. The summed E-state index contributed by atoms with van der Waals surface area (Å²) in [6.07, 6.45) is 11.4. The van der Waals surface area contributed by atoms with E-state index >= 15 is 0 Å². The lowest BCUT2D eigenvalue weighted by atomic mass is 10.0. The zero-order valence-electron chi connectivity index (χ0n) is 11.9. The van der Waals surface area contributed by atoms with E-state index in [1.54, 1.807) is 19.9 Å². The van der Waals surface area contributed by atoms with Gasteiger partial charge in [-0.15, -0.1) is 0 Å². The van der Waals surface area contributed by atoms with E-state index in [4.69, 9.17) is 9.47 Å². The Kier molecular flexibility index (Phi) is 4.08. The molecule has 3 heteroatoms. The van der Waals surface area contributed by atoms with Crippen LogP contribution in [-0.2, 0) is 4.74 Å². The lowest BCUT2D eigenvalue weighted by Gasteiger charge is -2.32. The largest absolute Gasteiger partial charge is 0.452 e. The molecule has 1 aromatic rings. The Morgan fingerprint density at radius 2 is 1.80 bits per heavy atom. The molecule has 1 aromatic carbocycles. The maximum Gasteiger partial charge on any atom is 0.345 e. The Bertz CT molecular complexity index is 592. The van der Waals surface area contributed by atoms with Gasteiger partial charge in [0.1, 0.15) is 11.3 Å². The second-order valence-electron chi connectivity index (χ2n) is 4.88. The van der Waals surface area contributed by atoms with E-state index in [2.05, 4.69) is 0 Å². The first-order valence-corrected chi connectivity index (χ1v) is 6.55. The fourth-order valence-electron chi connectivity index (χ4n) is 1.95. The molecule has 0 amide bonds. The summed E-state index contributed by atoms with van der Waals surface area (Å²) < 4.78 is 10.9. The number of cyclic esters (lactones) is 1. The molecule has 0 saturated heterocycles. The van der Waals surface area contributed by atoms with Crippen LogP contribution in [0.5, 0.6) is 5.75 Å². The first-order chi connectivity index (χ1) is 9.53. The fraction of sp³-hybridized carbons (Fsp3) is 0.235. The average molecular weight is 270 g/mol. The third kappa shape index (κ3) is 3.18. The van der Waals surface area contributed by atoms with Gasteiger partial charge in [-0.05, 0) is 18.6 Å². The van der Waals surface area contributed by atoms with E-state index in [1.807, 2.05) is 55.5 Å². The van der Waals surface area contributed by atoms with E-state index in [9.17, 15) is 4.79 Å². The summed E-state index contributed by atoms with van der Waals surface area (Å²) in [6.45, 7) is 5.39. The van der Waals surface area contributed by atoms with Gasteiger partial charge in [0.15, 0.2) is 0 Å². The van der Waals surface area contributed by atoms with Crippen LogP contribution in [0.3, 0.4) is 0 Å². The number of ether oxygens (including phenoxy) is 2. The third-order valence-corrected chi connectivity index (χ3v) is 2.76. The highest BCUT2D eigenvalue weighted by atomic mass is 16.7. The quantitative estimate of drug-likeness (QED) is 0.612. The highest BCUT2D eigenvalue weighted by molar-refractivity contribution is 5.97. The van der Waals surface area contributed by atoms with Gasteiger partial charge in [-0.25, -0.2) is 4.79 Å². The highest BCUT2D eigenvalue weighted by Gasteiger charge is 2.34. The molecule has 0 saturated carbocycles. The number of allylic oxidation sites excluding steroid dienone is 5. The van der Waals surface area contributed by atoms with Crippen molar-refractivity contribution in [1.29, 1.82) is 0 Å². The van der Waals surface area contributed by atoms with E-state index < -0.39 is 5.79 Å². The van der Waals surface area contributed by atoms with E-state index in [0.717, 1.165) is 5.56 Å². The number of esters is 1. The normalized spacial score (nSPS) is 17.4. The molecule has 0 bridgehead atoms. The minimum atomic E-state index is -0.918. The summed E-state index contributed by atoms with van der Waals surface area (Å²) >= 11 is 0. The minimum absolute atomic E-state index is 0.353. The van der Waals surface area contributed by atoms with Crippen LogP contribution in [0.25, 0.3) is 6.08 Å². The van der Waals surface area contributed by atoms with Gasteiger partial charge in [0.25, 0.3) is 0 Å². The van der Waals surface area contributed by atoms with Crippen LogP contribution < -0.4 is 4.74 Å². The molecule has 1 aliphatic rings. The van der Waals surface area contributed by atoms with Crippen molar-refractivity contribution >= 4 is 12.0 Å². The number of fused-ring (bicyclic) bond motifs is 1. The van der Waals surface area contributed by atoms with Crippen molar-refractivity contribution in [3.8, 4) is 5.75 Å². The van der Waals surface area contributed by atoms with E-state index in [1.165, 1.54) is 0 Å². The van der Waals surface area contributed by atoms with Gasteiger partial charge in [-0.2, -0.15) is 0 Å². The molecule has 0 N–H and O–H groups in total. The van der Waals surface area contributed by atoms with Crippen molar-refractivity contribution in [2.75, 3.05) is 0 Å². The van der Waals surface area contributed by atoms with Gasteiger partial charge in [0, 0.05) is 13.8 Å². The number of benzene rings is 1. The zero-order valence-corrected chi connectivity index (χ0v) is 11.9. The second kappa shape index (κ2) is 5.78. The first-order valence-electron chi connectivity index (χ1n) is 6.55. The van der Waals surface area contributed by atoms with Crippen molar-refractivity contribution in [2.45, 2.75) is 26.6 Å². The molecule has 0 aromatic heterocycles. The van der Waals surface area contributed by atoms with E-state index in [0.29, 0.717) is 11.3 Å². The highest BCUT2D eigenvalue weighted by Crippen LogP contribution is 2.33. The van der Waals surface area contributed by atoms with Crippen molar-refractivity contribution in [2.24, 2.45) is 0 Å². The number of carbonyl (C=O) groups excluding carboxylic acids is 1. The number of hydrogen-bond donors (Lipinski definition) is 0. The molecule has 20 heavy (non-hydrogen) atoms. The summed E-state index contributed by atoms with van der Waals surface area (Å²) in [5, 5.41) is 0. The Morgan fingerprint density at radius 3 is 2.55 bits per heavy atom. The number of hydrogen-bond acceptors (Lipinski definition) is 3. The molecule has 0 fully saturated rings. The molecular weight excluding hydrogens is 252 g/mol. The fourth-order valence-corrected chi connectivity index (χ4v) is 1.95. The van der Waals surface area contributed by atoms with Crippen molar-refractivity contribution in [3.05, 3.63) is 59.7 Å². The molecule has 0 radical (unpaired) electrons. The van der Waals surface area contributed by atoms with Crippen molar-refractivity contribution in [1.82, 2.24) is 0 Å². The van der Waals surface area contributed by atoms with Gasteiger partial charge in [-0.3, -0.25) is 0 Å². The molecule has 0 atom stereocenters. The van der Waals surface area contributed by atoms with Crippen LogP contribution in [0.1, 0.15) is 36.7 Å². The summed E-state index contributed by atoms with van der Waals surface area (Å²) in [5.74, 6) is -0.710. The molecule has 104 valence electrons. The summed E-state index contributed by atoms with van der Waals surface area (Å²) in [7, 11) is 0. The SMILES string of the molecule is C/C=C/C=C/C=C/c1cccc2c1C(=O)OC(C)(C)O2. The van der Waals surface area contributed by atoms with Gasteiger partial charge in [-0.1, -0.05) is 48.6 Å². The molecule has 1 heterocycles. The lowest BCUT2D eigenvalue weighted by molar-refractivity contribution is -0.127. The summed E-state index contributed by atoms with van der Waals surface area (Å²) in [6, 6.07) is 5.51. The van der Waals surface area contributed by atoms with Crippen LogP contribution in [0.15, 0.2) is 48.6 Å². The molecule has 3 nitrogen and oxygen atoms in total. The summed E-state index contributed by atoms with van der Waals surface area (Å²) in [5.41, 5.74) is 1.26. The molecule has 0 aliphatic carbocycles. The molecular formula is C17H18O3. The Morgan fingerprint density at radius 1 is 1.05 bits per heavy atom. The smallest absolute Gasteiger partial charge is 0.345 e. The van der Waals surface area contributed by atoms with E-state index in [-0.39, 0.29) is 5.97 Å². The van der Waals surface area contributed by atoms with Gasteiger partial charge >= 0.3 is 5.97 Å². The Labute approximate surface area is 119 Å². The Balaban J connectivity index is 2.31. The predicted molar refractivity (Wildman–Crippen MR) is 79.6 cm³/mol. The monoisotopic (exact) mass is 270 g/mol. The van der Waals surface area contributed by atoms with Crippen LogP contribution in [0.4, 0.5) is 0 Å². The van der Waals surface area contributed by atoms with Crippen molar-refractivity contribution in [3.63, 3.8) is 0 Å². The van der Waals surface area contributed by atoms with Crippen LogP contribution in [-0.4, -0.2) is 11.8 Å². The van der Waals surface area contributed by atoms with Crippen LogP contribution in [0, 0.1) is 0 Å². The molecule has 0 spiro atoms. The zero-order chi connectivity index (χ0) is 14.6. The molecule has 0 unspecified atom stereocenters. The van der Waals surface area contributed by atoms with Gasteiger partial charge < -0.3 is 9.47 Å². The van der Waals surface area contributed by atoms with Crippen molar-refractivity contribution < 1.29 is 14.3 Å². The van der Waals surface area contributed by atoms with Crippen LogP contribution >= 0.6 is 0 Å². The number of rotatable bonds is 3. The Hall–Kier alpha value is -2.29. The maximum absolute atomic E-state index is 12.1. The molecule has 1 aliphatic heterocycles. The standard InChI is InChI=1S/C17H18O3/c1-4-5-6-7-8-10-13-11-9-12-14-15(13)16(18)20-17(2,3)19-14/h4-12H,1-3H3/b5-4+,7-6+,10-8+. The summed E-state index contributed by atoms with van der Waals surface area (Å²) in [4.78, 5) is 12.1. The second-order valence-corrected chi connectivity index (χ2v) is 4.88. The third-order valence-electron chi connectivity index (χ3n) is 2.76. The molecule has 2 rings (SSSR count). The lowest BCUT2D eigenvalue weighted by Crippen LogP contribution is -2.39. The van der Waals surface area contributed by atoms with Gasteiger partial charge in [0.2, 0.25) is 5.79 Å². The maximum atomic E-state index is 12.1.